The Morgan fingerprint density at radius 2 is 1.57 bits per heavy atom. The number of aryl methyl sites for hydroxylation is 2. The fourth-order valence-electron chi connectivity index (χ4n) is 3.02. The van der Waals surface area contributed by atoms with Crippen molar-refractivity contribution in [3.63, 3.8) is 0 Å². The Labute approximate surface area is 178 Å². The minimum atomic E-state index is -3.60. The first kappa shape index (κ1) is 21.7. The monoisotopic (exact) mass is 422 g/mol. The summed E-state index contributed by atoms with van der Waals surface area (Å²) in [6.07, 6.45) is 0. The van der Waals surface area contributed by atoms with Crippen LogP contribution in [0.2, 0.25) is 0 Å². The summed E-state index contributed by atoms with van der Waals surface area (Å²) in [4.78, 5) is 12.7. The molecule has 0 spiro atoms. The second kappa shape index (κ2) is 9.24. The molecule has 0 saturated carbocycles. The molecule has 5 nitrogen and oxygen atoms in total. The van der Waals surface area contributed by atoms with E-state index in [0.29, 0.717) is 5.56 Å². The summed E-state index contributed by atoms with van der Waals surface area (Å²) in [6.45, 7) is 5.91. The Bertz CT molecular complexity index is 1120. The van der Waals surface area contributed by atoms with Gasteiger partial charge in [0.15, 0.2) is 0 Å². The van der Waals surface area contributed by atoms with E-state index in [1.165, 1.54) is 0 Å². The van der Waals surface area contributed by atoms with Gasteiger partial charge >= 0.3 is 0 Å². The van der Waals surface area contributed by atoms with Crippen molar-refractivity contribution in [2.24, 2.45) is 0 Å². The second-order valence-electron chi connectivity index (χ2n) is 7.37. The summed E-state index contributed by atoms with van der Waals surface area (Å²) in [5, 5.41) is 2.97. The van der Waals surface area contributed by atoms with Crippen LogP contribution in [0.3, 0.4) is 0 Å². The molecule has 2 N–H and O–H groups in total. The van der Waals surface area contributed by atoms with E-state index in [0.717, 1.165) is 22.3 Å². The van der Waals surface area contributed by atoms with Gasteiger partial charge in [0.25, 0.3) is 5.91 Å². The zero-order valence-electron chi connectivity index (χ0n) is 17.3. The van der Waals surface area contributed by atoms with Gasteiger partial charge in [0, 0.05) is 12.1 Å². The number of hydrogen-bond donors (Lipinski definition) is 2. The average Bonchev–Trinajstić information content (AvgIpc) is 2.75. The van der Waals surface area contributed by atoms with Crippen LogP contribution in [-0.4, -0.2) is 14.3 Å². The standard InChI is InChI=1S/C24H26N2O3S/c1-17-9-14-23(15-18(17)2)30(28,29)25-16-20-10-12-22(13-11-20)24(27)26-19(3)21-7-5-4-6-8-21/h4-15,19,25H,16H2,1-3H3,(H,26,27)/t19-/m0/s1. The van der Waals surface area contributed by atoms with E-state index < -0.39 is 10.0 Å². The summed E-state index contributed by atoms with van der Waals surface area (Å²) < 4.78 is 27.7. The number of benzene rings is 3. The number of nitrogens with one attached hydrogen (secondary N) is 2. The smallest absolute Gasteiger partial charge is 0.251 e. The number of carbonyl (C=O) groups is 1. The maximum Gasteiger partial charge on any atom is 0.251 e. The molecule has 0 bridgehead atoms. The van der Waals surface area contributed by atoms with Crippen molar-refractivity contribution in [3.8, 4) is 0 Å². The Kier molecular flexibility index (Phi) is 6.70. The Morgan fingerprint density at radius 3 is 2.20 bits per heavy atom. The first-order chi connectivity index (χ1) is 14.3. The molecule has 0 aliphatic heterocycles. The third kappa shape index (κ3) is 5.34. The second-order valence-corrected chi connectivity index (χ2v) is 9.14. The van der Waals surface area contributed by atoms with Crippen LogP contribution in [0.15, 0.2) is 77.7 Å². The van der Waals surface area contributed by atoms with Crippen LogP contribution in [0, 0.1) is 13.8 Å². The largest absolute Gasteiger partial charge is 0.346 e. The van der Waals surface area contributed by atoms with Gasteiger partial charge in [0.05, 0.1) is 10.9 Å². The number of hydrogen-bond acceptors (Lipinski definition) is 3. The van der Waals surface area contributed by atoms with Gasteiger partial charge in [0.1, 0.15) is 0 Å². The van der Waals surface area contributed by atoms with Crippen molar-refractivity contribution < 1.29 is 13.2 Å². The molecule has 0 fully saturated rings. The molecule has 30 heavy (non-hydrogen) atoms. The van der Waals surface area contributed by atoms with Gasteiger partial charge in [-0.3, -0.25) is 4.79 Å². The molecule has 0 unspecified atom stereocenters. The van der Waals surface area contributed by atoms with E-state index in [1.807, 2.05) is 51.1 Å². The minimum absolute atomic E-state index is 0.108. The fourth-order valence-corrected chi connectivity index (χ4v) is 4.12. The number of sulfonamides is 1. The van der Waals surface area contributed by atoms with Gasteiger partial charge in [-0.15, -0.1) is 0 Å². The zero-order valence-corrected chi connectivity index (χ0v) is 18.2. The quantitative estimate of drug-likeness (QED) is 0.597. The van der Waals surface area contributed by atoms with Crippen LogP contribution in [0.5, 0.6) is 0 Å². The molecule has 3 aromatic carbocycles. The number of rotatable bonds is 7. The summed E-state index contributed by atoms with van der Waals surface area (Å²) in [7, 11) is -3.60. The SMILES string of the molecule is Cc1ccc(S(=O)(=O)NCc2ccc(C(=O)N[C@@H](C)c3ccccc3)cc2)cc1C. The lowest BCUT2D eigenvalue weighted by Gasteiger charge is -2.14. The van der Waals surface area contributed by atoms with Crippen molar-refractivity contribution in [1.29, 1.82) is 0 Å². The maximum atomic E-state index is 12.5. The summed E-state index contributed by atoms with van der Waals surface area (Å²) in [5.41, 5.74) is 4.30. The molecule has 6 heteroatoms. The van der Waals surface area contributed by atoms with Gasteiger partial charge < -0.3 is 5.32 Å². The normalized spacial score (nSPS) is 12.4. The highest BCUT2D eigenvalue weighted by Gasteiger charge is 2.15. The van der Waals surface area contributed by atoms with Crippen molar-refractivity contribution in [1.82, 2.24) is 10.0 Å². The zero-order chi connectivity index (χ0) is 21.7. The highest BCUT2D eigenvalue weighted by Crippen LogP contribution is 2.16. The molecule has 1 atom stereocenters. The van der Waals surface area contributed by atoms with Gasteiger partial charge in [0.2, 0.25) is 10.0 Å². The van der Waals surface area contributed by atoms with Crippen LogP contribution < -0.4 is 10.0 Å². The first-order valence-corrected chi connectivity index (χ1v) is 11.3. The van der Waals surface area contributed by atoms with Crippen LogP contribution in [0.1, 0.15) is 45.6 Å². The molecule has 0 saturated heterocycles. The van der Waals surface area contributed by atoms with E-state index >= 15 is 0 Å². The third-order valence-corrected chi connectivity index (χ3v) is 6.52. The summed E-state index contributed by atoms with van der Waals surface area (Å²) in [6, 6.07) is 21.6. The molecular formula is C24H26N2O3S. The third-order valence-electron chi connectivity index (χ3n) is 5.12. The molecule has 0 radical (unpaired) electrons. The minimum Gasteiger partial charge on any atom is -0.346 e. The van der Waals surface area contributed by atoms with Crippen LogP contribution in [-0.2, 0) is 16.6 Å². The average molecular weight is 423 g/mol. The molecule has 156 valence electrons. The molecule has 0 aliphatic rings. The predicted molar refractivity (Wildman–Crippen MR) is 119 cm³/mol. The molecule has 3 rings (SSSR count). The fraction of sp³-hybridized carbons (Fsp3) is 0.208. The maximum absolute atomic E-state index is 12.5. The summed E-state index contributed by atoms with van der Waals surface area (Å²) in [5.74, 6) is -0.173. The molecule has 1 amide bonds. The van der Waals surface area contributed by atoms with E-state index in [9.17, 15) is 13.2 Å². The summed E-state index contributed by atoms with van der Waals surface area (Å²) >= 11 is 0. The number of carbonyl (C=O) groups excluding carboxylic acids is 1. The molecule has 0 aromatic heterocycles. The van der Waals surface area contributed by atoms with Crippen molar-refractivity contribution in [2.75, 3.05) is 0 Å². The number of amides is 1. The van der Waals surface area contributed by atoms with Gasteiger partial charge in [-0.05, 0) is 67.3 Å². The highest BCUT2D eigenvalue weighted by molar-refractivity contribution is 7.89. The van der Waals surface area contributed by atoms with E-state index in [2.05, 4.69) is 10.0 Å². The predicted octanol–water partition coefficient (Wildman–Crippen LogP) is 4.27. The lowest BCUT2D eigenvalue weighted by molar-refractivity contribution is 0.0940. The topological polar surface area (TPSA) is 75.3 Å². The lowest BCUT2D eigenvalue weighted by Crippen LogP contribution is -2.26. The van der Waals surface area contributed by atoms with Gasteiger partial charge in [-0.1, -0.05) is 48.5 Å². The molecule has 0 heterocycles. The van der Waals surface area contributed by atoms with Gasteiger partial charge in [-0.2, -0.15) is 0 Å². The van der Waals surface area contributed by atoms with E-state index in [-0.39, 0.29) is 23.4 Å². The Morgan fingerprint density at radius 1 is 0.900 bits per heavy atom. The van der Waals surface area contributed by atoms with Crippen molar-refractivity contribution >= 4 is 15.9 Å². The van der Waals surface area contributed by atoms with Crippen molar-refractivity contribution in [3.05, 3.63) is 101 Å². The molecule has 3 aromatic rings. The molecular weight excluding hydrogens is 396 g/mol. The Balaban J connectivity index is 1.61. The highest BCUT2D eigenvalue weighted by atomic mass is 32.2. The van der Waals surface area contributed by atoms with Crippen LogP contribution >= 0.6 is 0 Å². The first-order valence-electron chi connectivity index (χ1n) is 9.78. The van der Waals surface area contributed by atoms with Crippen LogP contribution in [0.4, 0.5) is 0 Å². The molecule has 0 aliphatic carbocycles. The van der Waals surface area contributed by atoms with Gasteiger partial charge in [-0.25, -0.2) is 13.1 Å². The lowest BCUT2D eigenvalue weighted by atomic mass is 10.1. The van der Waals surface area contributed by atoms with E-state index in [4.69, 9.17) is 0 Å². The van der Waals surface area contributed by atoms with Crippen LogP contribution in [0.25, 0.3) is 0 Å². The van der Waals surface area contributed by atoms with Crippen molar-refractivity contribution in [2.45, 2.75) is 38.3 Å². The van der Waals surface area contributed by atoms with E-state index in [1.54, 1.807) is 42.5 Å². The Hall–Kier alpha value is -2.96.